The number of hydrogen-bond acceptors (Lipinski definition) is 3. The van der Waals surface area contributed by atoms with Gasteiger partial charge in [0.15, 0.2) is 0 Å². The molecule has 1 amide bonds. The molecule has 0 aromatic heterocycles. The van der Waals surface area contributed by atoms with E-state index >= 15 is 0 Å². The lowest BCUT2D eigenvalue weighted by atomic mass is 9.93. The summed E-state index contributed by atoms with van der Waals surface area (Å²) in [4.78, 5) is 12.2. The summed E-state index contributed by atoms with van der Waals surface area (Å²) in [6.07, 6.45) is 3.96. The lowest BCUT2D eigenvalue weighted by molar-refractivity contribution is -0.121. The molecule has 146 valence electrons. The number of piperidine rings is 1. The molecule has 4 nitrogen and oxygen atoms in total. The maximum Gasteiger partial charge on any atom is 0.220 e. The highest BCUT2D eigenvalue weighted by molar-refractivity contribution is 5.85. The van der Waals surface area contributed by atoms with Gasteiger partial charge in [0.05, 0.1) is 0 Å². The number of nitrogens with one attached hydrogen (secondary N) is 2. The summed E-state index contributed by atoms with van der Waals surface area (Å²) in [5.74, 6) is 1.64. The monoisotopic (exact) mass is 388 g/mol. The van der Waals surface area contributed by atoms with E-state index < -0.39 is 0 Å². The van der Waals surface area contributed by atoms with Gasteiger partial charge in [-0.1, -0.05) is 48.5 Å². The van der Waals surface area contributed by atoms with Gasteiger partial charge in [0, 0.05) is 18.5 Å². The Morgan fingerprint density at radius 2 is 1.74 bits per heavy atom. The summed E-state index contributed by atoms with van der Waals surface area (Å²) in [5, 5.41) is 6.41. The van der Waals surface area contributed by atoms with E-state index in [0.717, 1.165) is 36.4 Å². The second kappa shape index (κ2) is 11.6. The van der Waals surface area contributed by atoms with Crippen LogP contribution >= 0.6 is 12.4 Å². The first-order valence-electron chi connectivity index (χ1n) is 9.53. The molecule has 0 spiro atoms. The van der Waals surface area contributed by atoms with Crippen LogP contribution in [0.4, 0.5) is 0 Å². The molecule has 27 heavy (non-hydrogen) atoms. The predicted molar refractivity (Wildman–Crippen MR) is 111 cm³/mol. The van der Waals surface area contributed by atoms with Crippen molar-refractivity contribution >= 4 is 18.3 Å². The molecule has 2 aromatic carbocycles. The molecule has 0 radical (unpaired) electrons. The molecule has 0 aliphatic carbocycles. The number of hydrogen-bond donors (Lipinski definition) is 2. The van der Waals surface area contributed by atoms with Gasteiger partial charge in [-0.05, 0) is 49.9 Å². The number of carbonyl (C=O) groups excluding carboxylic acids is 1. The molecule has 2 aromatic rings. The molecule has 0 unspecified atom stereocenters. The smallest absolute Gasteiger partial charge is 0.220 e. The molecule has 0 bridgehead atoms. The molecule has 0 saturated carbocycles. The highest BCUT2D eigenvalue weighted by Gasteiger charge is 2.14. The first-order valence-corrected chi connectivity index (χ1v) is 9.53. The Labute approximate surface area is 168 Å². The summed E-state index contributed by atoms with van der Waals surface area (Å²) in [6, 6.07) is 18.0. The Morgan fingerprint density at radius 1 is 1.04 bits per heavy atom. The number of rotatable bonds is 8. The minimum absolute atomic E-state index is 0. The van der Waals surface area contributed by atoms with Gasteiger partial charge >= 0.3 is 0 Å². The van der Waals surface area contributed by atoms with Crippen molar-refractivity contribution in [2.45, 2.75) is 38.8 Å². The second-order valence-electron chi connectivity index (χ2n) is 6.89. The fraction of sp³-hybridized carbons (Fsp3) is 0.409. The van der Waals surface area contributed by atoms with Crippen LogP contribution in [-0.4, -0.2) is 19.0 Å². The number of ether oxygens (including phenoxy) is 1. The molecular weight excluding hydrogens is 360 g/mol. The van der Waals surface area contributed by atoms with Crippen LogP contribution in [0.3, 0.4) is 0 Å². The van der Waals surface area contributed by atoms with Gasteiger partial charge in [-0.2, -0.15) is 0 Å². The van der Waals surface area contributed by atoms with Crippen LogP contribution in [-0.2, 0) is 17.9 Å². The Hall–Kier alpha value is -2.04. The van der Waals surface area contributed by atoms with Crippen molar-refractivity contribution in [3.05, 3.63) is 65.7 Å². The third-order valence-electron chi connectivity index (χ3n) is 4.92. The van der Waals surface area contributed by atoms with Gasteiger partial charge in [-0.3, -0.25) is 4.79 Å². The largest absolute Gasteiger partial charge is 0.489 e. The maximum atomic E-state index is 12.2. The molecule has 5 heteroatoms. The van der Waals surface area contributed by atoms with Gasteiger partial charge in [0.2, 0.25) is 5.91 Å². The van der Waals surface area contributed by atoms with E-state index in [4.69, 9.17) is 4.74 Å². The predicted octanol–water partition coefficient (Wildman–Crippen LogP) is 4.08. The second-order valence-corrected chi connectivity index (χ2v) is 6.89. The molecule has 0 atom stereocenters. The third-order valence-corrected chi connectivity index (χ3v) is 4.92. The average molecular weight is 389 g/mol. The molecule has 1 heterocycles. The van der Waals surface area contributed by atoms with E-state index in [1.54, 1.807) is 0 Å². The zero-order chi connectivity index (χ0) is 18.0. The number of halogens is 1. The number of amides is 1. The lowest BCUT2D eigenvalue weighted by Crippen LogP contribution is -2.29. The van der Waals surface area contributed by atoms with E-state index in [-0.39, 0.29) is 18.3 Å². The van der Waals surface area contributed by atoms with Crippen molar-refractivity contribution in [2.24, 2.45) is 5.92 Å². The molecule has 2 N–H and O–H groups in total. The van der Waals surface area contributed by atoms with Crippen molar-refractivity contribution in [1.82, 2.24) is 10.6 Å². The summed E-state index contributed by atoms with van der Waals surface area (Å²) < 4.78 is 5.95. The third kappa shape index (κ3) is 7.24. The first-order chi connectivity index (χ1) is 12.8. The van der Waals surface area contributed by atoms with E-state index in [1.807, 2.05) is 54.6 Å². The van der Waals surface area contributed by atoms with Crippen LogP contribution in [0.2, 0.25) is 0 Å². The minimum atomic E-state index is 0. The van der Waals surface area contributed by atoms with Gasteiger partial charge in [-0.15, -0.1) is 12.4 Å². The molecule has 3 rings (SSSR count). The highest BCUT2D eigenvalue weighted by atomic mass is 35.5. The number of benzene rings is 2. The van der Waals surface area contributed by atoms with Crippen molar-refractivity contribution in [2.75, 3.05) is 13.1 Å². The Kier molecular flexibility index (Phi) is 9.16. The van der Waals surface area contributed by atoms with Crippen LogP contribution < -0.4 is 15.4 Å². The Bertz CT molecular complexity index is 688. The van der Waals surface area contributed by atoms with E-state index in [2.05, 4.69) is 10.6 Å². The number of carbonyl (C=O) groups is 1. The van der Waals surface area contributed by atoms with Crippen LogP contribution in [0.25, 0.3) is 0 Å². The molecule has 1 saturated heterocycles. The summed E-state index contributed by atoms with van der Waals surface area (Å²) in [5.41, 5.74) is 2.15. The summed E-state index contributed by atoms with van der Waals surface area (Å²) in [7, 11) is 0. The van der Waals surface area contributed by atoms with Crippen molar-refractivity contribution in [3.8, 4) is 5.75 Å². The maximum absolute atomic E-state index is 12.2. The van der Waals surface area contributed by atoms with E-state index in [1.165, 1.54) is 12.8 Å². The zero-order valence-electron chi connectivity index (χ0n) is 15.7. The van der Waals surface area contributed by atoms with E-state index in [0.29, 0.717) is 25.5 Å². The van der Waals surface area contributed by atoms with Crippen LogP contribution in [0.15, 0.2) is 54.6 Å². The van der Waals surface area contributed by atoms with Crippen molar-refractivity contribution in [3.63, 3.8) is 0 Å². The van der Waals surface area contributed by atoms with Crippen molar-refractivity contribution < 1.29 is 9.53 Å². The molecule has 1 fully saturated rings. The quantitative estimate of drug-likeness (QED) is 0.716. The SMILES string of the molecule is Cl.O=C(CCC1CCNCC1)NCc1ccccc1OCc1ccccc1. The fourth-order valence-electron chi connectivity index (χ4n) is 3.31. The van der Waals surface area contributed by atoms with Crippen LogP contribution in [0, 0.1) is 5.92 Å². The topological polar surface area (TPSA) is 50.4 Å². The van der Waals surface area contributed by atoms with Crippen molar-refractivity contribution in [1.29, 1.82) is 0 Å². The minimum Gasteiger partial charge on any atom is -0.489 e. The first kappa shape index (κ1) is 21.3. The summed E-state index contributed by atoms with van der Waals surface area (Å²) in [6.45, 7) is 3.20. The Balaban J connectivity index is 0.00000261. The number of para-hydroxylation sites is 1. The average Bonchev–Trinajstić information content (AvgIpc) is 2.71. The molecular formula is C22H29ClN2O2. The van der Waals surface area contributed by atoms with Gasteiger partial charge in [-0.25, -0.2) is 0 Å². The van der Waals surface area contributed by atoms with Crippen LogP contribution in [0.1, 0.15) is 36.8 Å². The normalized spacial score (nSPS) is 14.2. The highest BCUT2D eigenvalue weighted by Crippen LogP contribution is 2.20. The summed E-state index contributed by atoms with van der Waals surface area (Å²) >= 11 is 0. The van der Waals surface area contributed by atoms with Gasteiger partial charge < -0.3 is 15.4 Å². The van der Waals surface area contributed by atoms with Crippen LogP contribution in [0.5, 0.6) is 5.75 Å². The van der Waals surface area contributed by atoms with E-state index in [9.17, 15) is 4.79 Å². The van der Waals surface area contributed by atoms with Gasteiger partial charge in [0.25, 0.3) is 0 Å². The zero-order valence-corrected chi connectivity index (χ0v) is 16.5. The fourth-order valence-corrected chi connectivity index (χ4v) is 3.31. The molecule has 1 aliphatic rings. The standard InChI is InChI=1S/C22H28N2O2.ClH/c25-22(11-10-18-12-14-23-15-13-18)24-16-20-8-4-5-9-21(20)26-17-19-6-2-1-3-7-19;/h1-9,18,23H,10-17H2,(H,24,25);1H. The Morgan fingerprint density at radius 3 is 2.52 bits per heavy atom. The molecule has 1 aliphatic heterocycles. The lowest BCUT2D eigenvalue weighted by Gasteiger charge is -2.22. The van der Waals surface area contributed by atoms with Gasteiger partial charge in [0.1, 0.15) is 12.4 Å².